The van der Waals surface area contributed by atoms with Crippen molar-refractivity contribution in [3.05, 3.63) is 69.7 Å². The van der Waals surface area contributed by atoms with Crippen molar-refractivity contribution in [3.63, 3.8) is 0 Å². The number of rotatable bonds is 6. The Balaban J connectivity index is 1.94. The van der Waals surface area contributed by atoms with Crippen molar-refractivity contribution in [1.82, 2.24) is 14.0 Å². The van der Waals surface area contributed by atoms with E-state index in [1.54, 1.807) is 26.0 Å². The monoisotopic (exact) mass is 434 g/mol. The van der Waals surface area contributed by atoms with Gasteiger partial charge in [-0.25, -0.2) is 18.1 Å². The minimum absolute atomic E-state index is 0.00427. The number of halogens is 1. The maximum Gasteiger partial charge on any atom is 0.280 e. The summed E-state index contributed by atoms with van der Waals surface area (Å²) in [5, 5.41) is 0.618. The topological polar surface area (TPSA) is 101 Å². The summed E-state index contributed by atoms with van der Waals surface area (Å²) in [5.74, 6) is -0.646. The molecular formula is C19H19ClN4O4S. The number of hydrogen-bond acceptors (Lipinski definition) is 5. The molecule has 152 valence electrons. The molecule has 0 aliphatic rings. The molecule has 0 aliphatic carbocycles. The van der Waals surface area contributed by atoms with E-state index in [0.29, 0.717) is 23.6 Å². The van der Waals surface area contributed by atoms with Gasteiger partial charge in [0.15, 0.2) is 0 Å². The van der Waals surface area contributed by atoms with E-state index in [4.69, 9.17) is 11.6 Å². The Morgan fingerprint density at radius 1 is 1.17 bits per heavy atom. The van der Waals surface area contributed by atoms with Gasteiger partial charge in [-0.05, 0) is 36.4 Å². The predicted octanol–water partition coefficient (Wildman–Crippen LogP) is 2.46. The van der Waals surface area contributed by atoms with Crippen molar-refractivity contribution in [1.29, 1.82) is 0 Å². The number of sulfonamides is 1. The molecule has 0 spiro atoms. The molecule has 0 aliphatic heterocycles. The first-order valence-corrected chi connectivity index (χ1v) is 10.7. The lowest BCUT2D eigenvalue weighted by molar-refractivity contribution is 0.101. The maximum atomic E-state index is 12.7. The molecule has 0 bridgehead atoms. The van der Waals surface area contributed by atoms with E-state index in [9.17, 15) is 18.0 Å². The molecule has 1 amide bonds. The molecular weight excluding hydrogens is 416 g/mol. The van der Waals surface area contributed by atoms with Crippen LogP contribution in [-0.2, 0) is 10.0 Å². The van der Waals surface area contributed by atoms with Gasteiger partial charge < -0.3 is 0 Å². The van der Waals surface area contributed by atoms with Gasteiger partial charge in [0.05, 0.1) is 15.8 Å². The molecule has 0 unspecified atom stereocenters. The highest BCUT2D eigenvalue weighted by atomic mass is 35.5. The van der Waals surface area contributed by atoms with E-state index < -0.39 is 21.5 Å². The zero-order chi connectivity index (χ0) is 21.2. The van der Waals surface area contributed by atoms with Crippen molar-refractivity contribution in [2.45, 2.75) is 18.7 Å². The van der Waals surface area contributed by atoms with Gasteiger partial charge in [-0.1, -0.05) is 31.5 Å². The van der Waals surface area contributed by atoms with Crippen LogP contribution in [0.15, 0.2) is 58.5 Å². The Bertz CT molecular complexity index is 1240. The molecule has 3 rings (SSSR count). The Hall–Kier alpha value is -2.75. The number of nitrogens with zero attached hydrogens (tertiary/aromatic N) is 3. The summed E-state index contributed by atoms with van der Waals surface area (Å²) < 4.78 is 27.6. The fraction of sp³-hybridized carbons (Fsp3) is 0.211. The van der Waals surface area contributed by atoms with Crippen LogP contribution in [0.5, 0.6) is 0 Å². The molecule has 8 nitrogen and oxygen atoms in total. The third-order valence-electron chi connectivity index (χ3n) is 4.38. The molecule has 3 aromatic rings. The summed E-state index contributed by atoms with van der Waals surface area (Å²) in [6, 6.07) is 10.3. The van der Waals surface area contributed by atoms with Crippen LogP contribution in [0.3, 0.4) is 0 Å². The molecule has 29 heavy (non-hydrogen) atoms. The fourth-order valence-electron chi connectivity index (χ4n) is 2.86. The largest absolute Gasteiger partial charge is 0.280 e. The molecule has 0 saturated carbocycles. The van der Waals surface area contributed by atoms with Crippen LogP contribution in [0.4, 0.5) is 0 Å². The number of carbonyl (C=O) groups excluding carboxylic acids is 1. The number of amides is 1. The Morgan fingerprint density at radius 2 is 1.90 bits per heavy atom. The van der Waals surface area contributed by atoms with Crippen LogP contribution in [0.25, 0.3) is 10.9 Å². The average Bonchev–Trinajstić information content (AvgIpc) is 2.71. The normalized spacial score (nSPS) is 11.7. The van der Waals surface area contributed by atoms with Crippen LogP contribution in [0.1, 0.15) is 24.2 Å². The van der Waals surface area contributed by atoms with Gasteiger partial charge in [0.2, 0.25) is 10.0 Å². The third-order valence-corrected chi connectivity index (χ3v) is 6.66. The first-order chi connectivity index (χ1) is 13.8. The quantitative estimate of drug-likeness (QED) is 0.642. The number of carbonyl (C=O) groups is 1. The van der Waals surface area contributed by atoms with Crippen LogP contribution in [0.2, 0.25) is 5.02 Å². The standard InChI is InChI=1S/C19H19ClN4O4S/c1-3-23(4-2)29(27,28)15-7-5-6-13(10-15)18(25)22-24-12-21-17-9-8-14(20)11-16(17)19(24)26/h5-12H,3-4H2,1-2H3,(H,22,25). The zero-order valence-electron chi connectivity index (χ0n) is 15.8. The summed E-state index contributed by atoms with van der Waals surface area (Å²) in [7, 11) is -3.71. The van der Waals surface area contributed by atoms with Crippen LogP contribution < -0.4 is 11.0 Å². The van der Waals surface area contributed by atoms with E-state index >= 15 is 0 Å². The summed E-state index contributed by atoms with van der Waals surface area (Å²) in [4.78, 5) is 29.3. The van der Waals surface area contributed by atoms with Gasteiger partial charge in [-0.15, -0.1) is 0 Å². The van der Waals surface area contributed by atoms with E-state index in [1.165, 1.54) is 41.0 Å². The minimum atomic E-state index is -3.71. The highest BCUT2D eigenvalue weighted by Gasteiger charge is 2.22. The Kier molecular flexibility index (Phi) is 6.02. The molecule has 0 atom stereocenters. The van der Waals surface area contributed by atoms with Crippen molar-refractivity contribution in [3.8, 4) is 0 Å². The van der Waals surface area contributed by atoms with E-state index in [0.717, 1.165) is 4.68 Å². The highest BCUT2D eigenvalue weighted by molar-refractivity contribution is 7.89. The van der Waals surface area contributed by atoms with Gasteiger partial charge in [-0.3, -0.25) is 15.0 Å². The molecule has 10 heteroatoms. The van der Waals surface area contributed by atoms with Gasteiger partial charge in [0.1, 0.15) is 6.33 Å². The van der Waals surface area contributed by atoms with E-state index in [-0.39, 0.29) is 15.8 Å². The van der Waals surface area contributed by atoms with Gasteiger partial charge in [-0.2, -0.15) is 4.31 Å². The fourth-order valence-corrected chi connectivity index (χ4v) is 4.53. The summed E-state index contributed by atoms with van der Waals surface area (Å²) in [6.07, 6.45) is 1.19. The van der Waals surface area contributed by atoms with Gasteiger partial charge in [0.25, 0.3) is 11.5 Å². The molecule has 0 radical (unpaired) electrons. The smallest absolute Gasteiger partial charge is 0.267 e. The van der Waals surface area contributed by atoms with Crippen molar-refractivity contribution in [2.75, 3.05) is 18.5 Å². The van der Waals surface area contributed by atoms with Crippen LogP contribution in [-0.4, -0.2) is 41.4 Å². The van der Waals surface area contributed by atoms with Crippen LogP contribution in [0, 0.1) is 0 Å². The number of fused-ring (bicyclic) bond motifs is 1. The molecule has 1 aromatic heterocycles. The number of benzene rings is 2. The molecule has 0 saturated heterocycles. The predicted molar refractivity (Wildman–Crippen MR) is 111 cm³/mol. The molecule has 1 heterocycles. The second-order valence-corrected chi connectivity index (χ2v) is 8.51. The Morgan fingerprint density at radius 3 is 2.59 bits per heavy atom. The van der Waals surface area contributed by atoms with E-state index in [2.05, 4.69) is 10.4 Å². The lowest BCUT2D eigenvalue weighted by Gasteiger charge is -2.18. The van der Waals surface area contributed by atoms with Crippen molar-refractivity contribution in [2.24, 2.45) is 0 Å². The van der Waals surface area contributed by atoms with Gasteiger partial charge in [0, 0.05) is 23.7 Å². The number of hydrogen-bond donors (Lipinski definition) is 1. The third kappa shape index (κ3) is 4.16. The second-order valence-electron chi connectivity index (χ2n) is 6.14. The average molecular weight is 435 g/mol. The molecule has 0 fully saturated rings. The first kappa shape index (κ1) is 21.0. The highest BCUT2D eigenvalue weighted by Crippen LogP contribution is 2.17. The zero-order valence-corrected chi connectivity index (χ0v) is 17.4. The SMILES string of the molecule is CCN(CC)S(=O)(=O)c1cccc(C(=O)Nn2cnc3ccc(Cl)cc3c2=O)c1. The Labute approximate surface area is 172 Å². The number of aromatic nitrogens is 2. The molecule has 1 N–H and O–H groups in total. The minimum Gasteiger partial charge on any atom is -0.267 e. The summed E-state index contributed by atoms with van der Waals surface area (Å²) in [5.41, 5.74) is 2.46. The number of nitrogens with one attached hydrogen (secondary N) is 1. The summed E-state index contributed by atoms with van der Waals surface area (Å²) >= 11 is 5.93. The first-order valence-electron chi connectivity index (χ1n) is 8.86. The maximum absolute atomic E-state index is 12.7. The van der Waals surface area contributed by atoms with Gasteiger partial charge >= 0.3 is 0 Å². The second kappa shape index (κ2) is 8.32. The van der Waals surface area contributed by atoms with Crippen molar-refractivity contribution >= 4 is 38.4 Å². The molecule has 2 aromatic carbocycles. The van der Waals surface area contributed by atoms with Crippen molar-refractivity contribution < 1.29 is 13.2 Å². The lowest BCUT2D eigenvalue weighted by Crippen LogP contribution is -2.33. The van der Waals surface area contributed by atoms with Crippen LogP contribution >= 0.6 is 11.6 Å². The summed E-state index contributed by atoms with van der Waals surface area (Å²) in [6.45, 7) is 4.11. The lowest BCUT2D eigenvalue weighted by atomic mass is 10.2. The van der Waals surface area contributed by atoms with E-state index in [1.807, 2.05) is 0 Å².